The van der Waals surface area contributed by atoms with E-state index in [0.717, 1.165) is 29.9 Å². The number of nitrogens with zero attached hydrogens (tertiary/aromatic N) is 2. The number of para-hydroxylation sites is 2. The molecule has 0 radical (unpaired) electrons. The minimum atomic E-state index is 1.09. The molecule has 0 N–H and O–H groups in total. The van der Waals surface area contributed by atoms with Crippen LogP contribution in [0.3, 0.4) is 0 Å². The van der Waals surface area contributed by atoms with E-state index < -0.39 is 0 Å². The van der Waals surface area contributed by atoms with Gasteiger partial charge in [-0.2, -0.15) is 0 Å². The van der Waals surface area contributed by atoms with Gasteiger partial charge >= 0.3 is 0 Å². The van der Waals surface area contributed by atoms with Gasteiger partial charge in [0.15, 0.2) is 0 Å². The monoisotopic (exact) mass is 578 g/mol. The molecule has 1 aliphatic carbocycles. The zero-order valence-electron chi connectivity index (χ0n) is 25.4. The van der Waals surface area contributed by atoms with Crippen LogP contribution in [-0.2, 0) is 0 Å². The SMILES string of the molecule is Cc1ccc(-c2ccc(N(c3cccc(C4=CCCC=C4)c3)c3ccc4c(c3)c3ccccc3n4-c3ccccc3)cc2)cc1. The van der Waals surface area contributed by atoms with Crippen molar-refractivity contribution in [1.82, 2.24) is 4.57 Å². The Morgan fingerprint density at radius 3 is 1.98 bits per heavy atom. The van der Waals surface area contributed by atoms with Crippen LogP contribution in [-0.4, -0.2) is 4.57 Å². The Bertz CT molecular complexity index is 2200. The van der Waals surface area contributed by atoms with E-state index in [9.17, 15) is 0 Å². The molecule has 0 unspecified atom stereocenters. The third kappa shape index (κ3) is 5.05. The third-order valence-corrected chi connectivity index (χ3v) is 8.87. The molecule has 8 rings (SSSR count). The number of fused-ring (bicyclic) bond motifs is 3. The fraction of sp³-hybridized carbons (Fsp3) is 0.0698. The number of hydrogen-bond donors (Lipinski definition) is 0. The minimum absolute atomic E-state index is 1.09. The Morgan fingerprint density at radius 2 is 1.20 bits per heavy atom. The van der Waals surface area contributed by atoms with Crippen LogP contribution in [0.15, 0.2) is 164 Å². The van der Waals surface area contributed by atoms with Gasteiger partial charge in [0, 0.05) is 33.5 Å². The van der Waals surface area contributed by atoms with Gasteiger partial charge in [-0.05, 0) is 103 Å². The summed E-state index contributed by atoms with van der Waals surface area (Å²) in [5.41, 5.74) is 13.2. The lowest BCUT2D eigenvalue weighted by atomic mass is 9.98. The van der Waals surface area contributed by atoms with Gasteiger partial charge in [0.25, 0.3) is 0 Å². The van der Waals surface area contributed by atoms with Crippen molar-refractivity contribution in [3.05, 3.63) is 175 Å². The van der Waals surface area contributed by atoms with E-state index >= 15 is 0 Å². The fourth-order valence-corrected chi connectivity index (χ4v) is 6.60. The Hall–Kier alpha value is -5.60. The Kier molecular flexibility index (Phi) is 6.88. The van der Waals surface area contributed by atoms with Crippen LogP contribution < -0.4 is 4.90 Å². The lowest BCUT2D eigenvalue weighted by Gasteiger charge is -2.26. The number of rotatable bonds is 6. The third-order valence-electron chi connectivity index (χ3n) is 8.87. The van der Waals surface area contributed by atoms with E-state index in [1.807, 2.05) is 0 Å². The number of allylic oxidation sites excluding steroid dienone is 4. The summed E-state index contributed by atoms with van der Waals surface area (Å²) in [6.45, 7) is 2.13. The Labute approximate surface area is 264 Å². The highest BCUT2D eigenvalue weighted by molar-refractivity contribution is 6.10. The summed E-state index contributed by atoms with van der Waals surface area (Å²) >= 11 is 0. The van der Waals surface area contributed by atoms with Crippen LogP contribution in [0.5, 0.6) is 0 Å². The topological polar surface area (TPSA) is 8.17 Å². The molecule has 0 bridgehead atoms. The molecule has 0 saturated heterocycles. The smallest absolute Gasteiger partial charge is 0.0542 e. The number of hydrogen-bond acceptors (Lipinski definition) is 1. The number of anilines is 3. The zero-order chi connectivity index (χ0) is 30.2. The van der Waals surface area contributed by atoms with Gasteiger partial charge in [-0.3, -0.25) is 0 Å². The van der Waals surface area contributed by atoms with E-state index in [1.54, 1.807) is 0 Å². The first kappa shape index (κ1) is 27.0. The van der Waals surface area contributed by atoms with Gasteiger partial charge in [0.2, 0.25) is 0 Å². The van der Waals surface area contributed by atoms with Crippen molar-refractivity contribution in [2.45, 2.75) is 19.8 Å². The molecule has 216 valence electrons. The van der Waals surface area contributed by atoms with Crippen molar-refractivity contribution in [2.75, 3.05) is 4.90 Å². The molecule has 2 nitrogen and oxygen atoms in total. The lowest BCUT2D eigenvalue weighted by molar-refractivity contribution is 1.04. The first-order valence-electron chi connectivity index (χ1n) is 15.8. The molecule has 6 aromatic carbocycles. The molecule has 0 atom stereocenters. The molecule has 1 aromatic heterocycles. The predicted octanol–water partition coefficient (Wildman–Crippen LogP) is 12.0. The van der Waals surface area contributed by atoms with Crippen molar-refractivity contribution >= 4 is 44.4 Å². The van der Waals surface area contributed by atoms with Crippen molar-refractivity contribution in [3.8, 4) is 16.8 Å². The summed E-state index contributed by atoms with van der Waals surface area (Å²) in [5, 5.41) is 2.49. The van der Waals surface area contributed by atoms with E-state index in [2.05, 4.69) is 180 Å². The normalized spacial score (nSPS) is 12.9. The average Bonchev–Trinajstić information content (AvgIpc) is 3.44. The predicted molar refractivity (Wildman–Crippen MR) is 192 cm³/mol. The van der Waals surface area contributed by atoms with Crippen LogP contribution in [0.25, 0.3) is 44.2 Å². The molecular formula is C43H34N2. The zero-order valence-corrected chi connectivity index (χ0v) is 25.4. The van der Waals surface area contributed by atoms with Crippen LogP contribution in [0.4, 0.5) is 17.1 Å². The van der Waals surface area contributed by atoms with Crippen LogP contribution in [0.1, 0.15) is 24.0 Å². The second kappa shape index (κ2) is 11.5. The minimum Gasteiger partial charge on any atom is -0.310 e. The molecule has 7 aromatic rings. The van der Waals surface area contributed by atoms with Gasteiger partial charge in [-0.1, -0.05) is 109 Å². The van der Waals surface area contributed by atoms with Gasteiger partial charge < -0.3 is 9.47 Å². The summed E-state index contributed by atoms with van der Waals surface area (Å²) in [5.74, 6) is 0. The fourth-order valence-electron chi connectivity index (χ4n) is 6.60. The van der Waals surface area contributed by atoms with Crippen LogP contribution in [0, 0.1) is 6.92 Å². The molecule has 1 aliphatic rings. The van der Waals surface area contributed by atoms with Crippen LogP contribution in [0.2, 0.25) is 0 Å². The molecule has 0 saturated carbocycles. The van der Waals surface area contributed by atoms with Crippen molar-refractivity contribution in [3.63, 3.8) is 0 Å². The largest absolute Gasteiger partial charge is 0.310 e. The van der Waals surface area contributed by atoms with Crippen molar-refractivity contribution in [1.29, 1.82) is 0 Å². The second-order valence-corrected chi connectivity index (χ2v) is 11.8. The van der Waals surface area contributed by atoms with Gasteiger partial charge in [-0.15, -0.1) is 0 Å². The van der Waals surface area contributed by atoms with E-state index in [0.29, 0.717) is 0 Å². The summed E-state index contributed by atoms with van der Waals surface area (Å²) in [6.07, 6.45) is 9.08. The average molecular weight is 579 g/mol. The van der Waals surface area contributed by atoms with E-state index in [-0.39, 0.29) is 0 Å². The molecule has 1 heterocycles. The van der Waals surface area contributed by atoms with Gasteiger partial charge in [0.1, 0.15) is 0 Å². The maximum Gasteiger partial charge on any atom is 0.0542 e. The first-order valence-corrected chi connectivity index (χ1v) is 15.8. The van der Waals surface area contributed by atoms with E-state index in [1.165, 1.54) is 55.3 Å². The summed E-state index contributed by atoms with van der Waals surface area (Å²) < 4.78 is 2.37. The number of aromatic nitrogens is 1. The second-order valence-electron chi connectivity index (χ2n) is 11.8. The van der Waals surface area contributed by atoms with Gasteiger partial charge in [0.05, 0.1) is 11.0 Å². The van der Waals surface area contributed by atoms with Crippen molar-refractivity contribution in [2.24, 2.45) is 0 Å². The molecular weight excluding hydrogens is 544 g/mol. The summed E-state index contributed by atoms with van der Waals surface area (Å²) in [7, 11) is 0. The number of aryl methyl sites for hydroxylation is 1. The number of benzene rings is 6. The lowest BCUT2D eigenvalue weighted by Crippen LogP contribution is -2.10. The van der Waals surface area contributed by atoms with Crippen molar-refractivity contribution < 1.29 is 0 Å². The molecule has 2 heteroatoms. The van der Waals surface area contributed by atoms with Crippen LogP contribution >= 0.6 is 0 Å². The Morgan fingerprint density at radius 1 is 0.511 bits per heavy atom. The standard InChI is InChI=1S/C43H34N2/c1-31-19-21-33(22-20-31)34-23-25-37(26-24-34)44(38-16-10-13-35(29-38)32-11-4-2-5-12-32)39-27-28-43-41(30-39)40-17-8-9-18-42(40)45(43)36-14-6-3-7-15-36/h3-4,6-30H,2,5H2,1H3. The Balaban J connectivity index is 1.30. The maximum absolute atomic E-state index is 2.39. The highest BCUT2D eigenvalue weighted by Crippen LogP contribution is 2.41. The molecule has 0 amide bonds. The first-order chi connectivity index (χ1) is 22.2. The quantitative estimate of drug-likeness (QED) is 0.191. The maximum atomic E-state index is 2.39. The molecule has 0 spiro atoms. The molecule has 45 heavy (non-hydrogen) atoms. The highest BCUT2D eigenvalue weighted by atomic mass is 15.1. The summed E-state index contributed by atoms with van der Waals surface area (Å²) in [6, 6.07) is 53.0. The highest BCUT2D eigenvalue weighted by Gasteiger charge is 2.18. The van der Waals surface area contributed by atoms with Gasteiger partial charge in [-0.25, -0.2) is 0 Å². The molecule has 0 aliphatic heterocycles. The summed E-state index contributed by atoms with van der Waals surface area (Å²) in [4.78, 5) is 2.39. The van der Waals surface area contributed by atoms with E-state index in [4.69, 9.17) is 0 Å². The molecule has 0 fully saturated rings.